The topological polar surface area (TPSA) is 21.6 Å². The molecule has 72 valence electrons. The summed E-state index contributed by atoms with van der Waals surface area (Å²) in [5.41, 5.74) is 0.747. The largest absolute Gasteiger partial charge is 0.573 e. The monoisotopic (exact) mass is 191 g/mol. The highest BCUT2D eigenvalue weighted by Crippen LogP contribution is 2.22. The lowest BCUT2D eigenvalue weighted by atomic mass is 10.3. The lowest BCUT2D eigenvalue weighted by Gasteiger charge is -2.07. The number of alkyl halides is 3. The molecule has 1 aliphatic heterocycles. The van der Waals surface area contributed by atoms with E-state index in [2.05, 4.69) is 9.73 Å². The minimum absolute atomic E-state index is 0.288. The molecule has 1 aliphatic rings. The Labute approximate surface area is 73.4 Å². The summed E-state index contributed by atoms with van der Waals surface area (Å²) in [5.74, 6) is -0.288. The number of hydrogen-bond acceptors (Lipinski definition) is 2. The molecule has 13 heavy (non-hydrogen) atoms. The van der Waals surface area contributed by atoms with Gasteiger partial charge in [0, 0.05) is 12.1 Å². The summed E-state index contributed by atoms with van der Waals surface area (Å²) >= 11 is 0. The first-order chi connectivity index (χ1) is 5.97. The summed E-state index contributed by atoms with van der Waals surface area (Å²) < 4.78 is 38.8. The van der Waals surface area contributed by atoms with E-state index in [-0.39, 0.29) is 5.76 Å². The van der Waals surface area contributed by atoms with Gasteiger partial charge in [0.1, 0.15) is 5.76 Å². The zero-order valence-electron chi connectivity index (χ0n) is 6.93. The lowest BCUT2D eigenvalue weighted by Crippen LogP contribution is -2.11. The van der Waals surface area contributed by atoms with Crippen LogP contribution in [-0.4, -0.2) is 12.1 Å². The first kappa shape index (κ1) is 9.83. The molecule has 1 rings (SSSR count). The van der Waals surface area contributed by atoms with Crippen molar-refractivity contribution in [2.45, 2.75) is 19.7 Å². The number of allylic oxidation sites excluding steroid dienone is 2. The average molecular weight is 191 g/mol. The van der Waals surface area contributed by atoms with Crippen molar-refractivity contribution in [2.24, 2.45) is 4.99 Å². The number of halogens is 3. The fraction of sp³-hybridized carbons (Fsp3) is 0.375. The van der Waals surface area contributed by atoms with Crippen LogP contribution in [0.25, 0.3) is 0 Å². The zero-order chi connectivity index (χ0) is 9.90. The van der Waals surface area contributed by atoms with Crippen LogP contribution in [0, 0.1) is 0 Å². The van der Waals surface area contributed by atoms with Gasteiger partial charge in [-0.15, -0.1) is 13.2 Å². The van der Waals surface area contributed by atoms with Gasteiger partial charge in [0.05, 0.1) is 6.20 Å². The summed E-state index contributed by atoms with van der Waals surface area (Å²) in [4.78, 5) is 3.76. The second kappa shape index (κ2) is 3.64. The van der Waals surface area contributed by atoms with E-state index < -0.39 is 6.36 Å². The van der Waals surface area contributed by atoms with Crippen LogP contribution in [0.1, 0.15) is 13.3 Å². The van der Waals surface area contributed by atoms with Crippen LogP contribution < -0.4 is 0 Å². The number of aliphatic imine (C=N–C) groups is 1. The number of ether oxygens (including phenoxy) is 1. The smallest absolute Gasteiger partial charge is 0.404 e. The fourth-order valence-corrected chi connectivity index (χ4v) is 0.809. The zero-order valence-corrected chi connectivity index (χ0v) is 6.93. The Kier molecular flexibility index (Phi) is 2.75. The molecule has 0 atom stereocenters. The third kappa shape index (κ3) is 3.78. The maximum Gasteiger partial charge on any atom is 0.573 e. The van der Waals surface area contributed by atoms with Gasteiger partial charge in [-0.25, -0.2) is 0 Å². The highest BCUT2D eigenvalue weighted by atomic mass is 19.4. The lowest BCUT2D eigenvalue weighted by molar-refractivity contribution is -0.303. The molecule has 5 heteroatoms. The number of nitrogens with zero attached hydrogens (tertiary/aromatic N) is 1. The van der Waals surface area contributed by atoms with E-state index in [1.165, 1.54) is 6.08 Å². The molecule has 0 aliphatic carbocycles. The van der Waals surface area contributed by atoms with Crippen molar-refractivity contribution in [1.82, 2.24) is 0 Å². The van der Waals surface area contributed by atoms with Gasteiger partial charge >= 0.3 is 6.36 Å². The summed E-state index contributed by atoms with van der Waals surface area (Å²) in [6.45, 7) is 1.73. The molecular formula is C8H8F3NO. The SMILES string of the molecule is CC1=NC=C(OC(F)(F)F)C=CC1. The summed E-state index contributed by atoms with van der Waals surface area (Å²) in [7, 11) is 0. The standard InChI is InChI=1S/C8H8F3NO/c1-6-3-2-4-7(5-12-6)13-8(9,10)11/h2,4-5H,3H2,1H3. The molecule has 0 N–H and O–H groups in total. The highest BCUT2D eigenvalue weighted by molar-refractivity contribution is 5.84. The van der Waals surface area contributed by atoms with E-state index in [0.29, 0.717) is 6.42 Å². The van der Waals surface area contributed by atoms with Gasteiger partial charge in [0.15, 0.2) is 0 Å². The highest BCUT2D eigenvalue weighted by Gasteiger charge is 2.31. The van der Waals surface area contributed by atoms with E-state index >= 15 is 0 Å². The van der Waals surface area contributed by atoms with Crippen molar-refractivity contribution < 1.29 is 17.9 Å². The van der Waals surface area contributed by atoms with E-state index in [9.17, 15) is 13.2 Å². The third-order valence-electron chi connectivity index (χ3n) is 1.34. The maximum atomic E-state index is 11.7. The minimum atomic E-state index is -4.65. The van der Waals surface area contributed by atoms with Crippen molar-refractivity contribution in [3.8, 4) is 0 Å². The van der Waals surface area contributed by atoms with Crippen molar-refractivity contribution in [3.05, 3.63) is 24.1 Å². The molecule has 2 nitrogen and oxygen atoms in total. The Bertz CT molecular complexity index is 276. The van der Waals surface area contributed by atoms with Crippen molar-refractivity contribution >= 4 is 5.71 Å². The molecule has 0 aromatic carbocycles. The van der Waals surface area contributed by atoms with E-state index in [1.54, 1.807) is 13.0 Å². The van der Waals surface area contributed by atoms with E-state index in [1.807, 2.05) is 0 Å². The molecule has 0 fully saturated rings. The van der Waals surface area contributed by atoms with Crippen molar-refractivity contribution in [3.63, 3.8) is 0 Å². The summed E-state index contributed by atoms with van der Waals surface area (Å²) in [6, 6.07) is 0. The van der Waals surface area contributed by atoms with Gasteiger partial charge in [-0.05, 0) is 13.0 Å². The van der Waals surface area contributed by atoms with Crippen molar-refractivity contribution in [1.29, 1.82) is 0 Å². The molecule has 0 saturated heterocycles. The molecule has 0 aromatic rings. The van der Waals surface area contributed by atoms with Crippen LogP contribution >= 0.6 is 0 Å². The van der Waals surface area contributed by atoms with Crippen LogP contribution in [0.3, 0.4) is 0 Å². The van der Waals surface area contributed by atoms with Crippen LogP contribution in [0.2, 0.25) is 0 Å². The first-order valence-electron chi connectivity index (χ1n) is 3.63. The molecular weight excluding hydrogens is 183 g/mol. The predicted octanol–water partition coefficient (Wildman–Crippen LogP) is 2.79. The second-order valence-corrected chi connectivity index (χ2v) is 2.55. The van der Waals surface area contributed by atoms with Crippen LogP contribution in [0.5, 0.6) is 0 Å². The minimum Gasteiger partial charge on any atom is -0.404 e. The second-order valence-electron chi connectivity index (χ2n) is 2.55. The predicted molar refractivity (Wildman–Crippen MR) is 42.1 cm³/mol. The molecule has 0 unspecified atom stereocenters. The van der Waals surface area contributed by atoms with Gasteiger partial charge in [0.25, 0.3) is 0 Å². The Balaban J connectivity index is 2.70. The van der Waals surface area contributed by atoms with Gasteiger partial charge in [-0.2, -0.15) is 0 Å². The Morgan fingerprint density at radius 1 is 1.46 bits per heavy atom. The summed E-state index contributed by atoms with van der Waals surface area (Å²) in [6.07, 6.45) is -0.214. The van der Waals surface area contributed by atoms with Gasteiger partial charge < -0.3 is 4.74 Å². The van der Waals surface area contributed by atoms with E-state index in [0.717, 1.165) is 11.9 Å². The number of rotatable bonds is 1. The molecule has 0 amide bonds. The number of hydrogen-bond donors (Lipinski definition) is 0. The van der Waals surface area contributed by atoms with Crippen LogP contribution in [0.15, 0.2) is 29.1 Å². The maximum absolute atomic E-state index is 11.7. The van der Waals surface area contributed by atoms with Crippen LogP contribution in [0.4, 0.5) is 13.2 Å². The molecule has 0 aromatic heterocycles. The molecule has 0 spiro atoms. The van der Waals surface area contributed by atoms with Gasteiger partial charge in [0.2, 0.25) is 0 Å². The van der Waals surface area contributed by atoms with Gasteiger partial charge in [-0.3, -0.25) is 4.99 Å². The Morgan fingerprint density at radius 3 is 2.77 bits per heavy atom. The Hall–Kier alpha value is -1.26. The average Bonchev–Trinajstić information content (AvgIpc) is 2.12. The first-order valence-corrected chi connectivity index (χ1v) is 3.63. The third-order valence-corrected chi connectivity index (χ3v) is 1.34. The Morgan fingerprint density at radius 2 is 2.15 bits per heavy atom. The molecule has 0 bridgehead atoms. The summed E-state index contributed by atoms with van der Waals surface area (Å²) in [5, 5.41) is 0. The quantitative estimate of drug-likeness (QED) is 0.624. The fourth-order valence-electron chi connectivity index (χ4n) is 0.809. The van der Waals surface area contributed by atoms with E-state index in [4.69, 9.17) is 0 Å². The molecule has 0 saturated carbocycles. The van der Waals surface area contributed by atoms with Gasteiger partial charge in [-0.1, -0.05) is 6.08 Å². The van der Waals surface area contributed by atoms with Crippen molar-refractivity contribution in [2.75, 3.05) is 0 Å². The normalized spacial score (nSPS) is 17.5. The molecule has 1 heterocycles. The molecule has 0 radical (unpaired) electrons. The van der Waals surface area contributed by atoms with Crippen LogP contribution in [-0.2, 0) is 4.74 Å².